The van der Waals surface area contributed by atoms with Crippen LogP contribution in [-0.2, 0) is 6.42 Å². The third-order valence-corrected chi connectivity index (χ3v) is 4.53. The van der Waals surface area contributed by atoms with Crippen molar-refractivity contribution in [2.45, 2.75) is 38.6 Å². The van der Waals surface area contributed by atoms with Gasteiger partial charge in [-0.1, -0.05) is 6.07 Å². The Morgan fingerprint density at radius 3 is 2.95 bits per heavy atom. The summed E-state index contributed by atoms with van der Waals surface area (Å²) >= 11 is 0. The molecule has 2 heterocycles. The van der Waals surface area contributed by atoms with Crippen LogP contribution in [0.4, 0.5) is 5.69 Å². The van der Waals surface area contributed by atoms with Crippen LogP contribution in [0.1, 0.15) is 37.8 Å². The molecule has 0 bridgehead atoms. The van der Waals surface area contributed by atoms with E-state index in [1.54, 1.807) is 0 Å². The first-order valence-electron chi connectivity index (χ1n) is 7.77. The summed E-state index contributed by atoms with van der Waals surface area (Å²) in [7, 11) is 0. The third kappa shape index (κ3) is 2.01. The van der Waals surface area contributed by atoms with Crippen LogP contribution in [0.3, 0.4) is 0 Å². The zero-order valence-corrected chi connectivity index (χ0v) is 12.0. The highest BCUT2D eigenvalue weighted by molar-refractivity contribution is 5.69. The Morgan fingerprint density at radius 1 is 1.25 bits per heavy atom. The minimum Gasteiger partial charge on any atom is -0.372 e. The maximum atomic E-state index is 4.50. The van der Waals surface area contributed by atoms with Gasteiger partial charge in [0.1, 0.15) is 0 Å². The lowest BCUT2D eigenvalue weighted by atomic mass is 9.97. The molecule has 0 unspecified atom stereocenters. The van der Waals surface area contributed by atoms with Crippen LogP contribution in [0.25, 0.3) is 11.1 Å². The molecule has 1 aliphatic heterocycles. The second-order valence-corrected chi connectivity index (χ2v) is 5.97. The normalized spacial score (nSPS) is 18.1. The molecule has 3 nitrogen and oxygen atoms in total. The summed E-state index contributed by atoms with van der Waals surface area (Å²) in [5.41, 5.74) is 5.49. The SMILES string of the molecule is CCN1CCCc2cc(-c3cnn(C4CC4)c3)ccc21. The fourth-order valence-corrected chi connectivity index (χ4v) is 3.21. The number of hydrogen-bond acceptors (Lipinski definition) is 2. The van der Waals surface area contributed by atoms with Gasteiger partial charge in [-0.2, -0.15) is 5.10 Å². The number of hydrogen-bond donors (Lipinski definition) is 0. The topological polar surface area (TPSA) is 21.1 Å². The molecule has 0 radical (unpaired) electrons. The largest absolute Gasteiger partial charge is 0.372 e. The van der Waals surface area contributed by atoms with Crippen LogP contribution in [-0.4, -0.2) is 22.9 Å². The molecular weight excluding hydrogens is 246 g/mol. The van der Waals surface area contributed by atoms with Crippen LogP contribution in [0.5, 0.6) is 0 Å². The van der Waals surface area contributed by atoms with Crippen molar-refractivity contribution in [2.24, 2.45) is 0 Å². The number of aromatic nitrogens is 2. The minimum absolute atomic E-state index is 0.664. The molecule has 0 atom stereocenters. The first-order chi connectivity index (χ1) is 9.85. The zero-order chi connectivity index (χ0) is 13.5. The molecule has 104 valence electrons. The lowest BCUT2D eigenvalue weighted by molar-refractivity contribution is 0.642. The fraction of sp³-hybridized carbons (Fsp3) is 0.471. The first-order valence-corrected chi connectivity index (χ1v) is 7.77. The molecule has 0 spiro atoms. The van der Waals surface area contributed by atoms with Gasteiger partial charge in [0.2, 0.25) is 0 Å². The van der Waals surface area contributed by atoms with E-state index in [1.165, 1.54) is 54.6 Å². The number of nitrogens with zero attached hydrogens (tertiary/aromatic N) is 3. The van der Waals surface area contributed by atoms with Gasteiger partial charge >= 0.3 is 0 Å². The maximum absolute atomic E-state index is 4.50. The van der Waals surface area contributed by atoms with Crippen LogP contribution in [0.2, 0.25) is 0 Å². The second kappa shape index (κ2) is 4.65. The Balaban J connectivity index is 1.68. The Hall–Kier alpha value is -1.77. The van der Waals surface area contributed by atoms with Gasteiger partial charge in [-0.3, -0.25) is 4.68 Å². The van der Waals surface area contributed by atoms with E-state index in [1.807, 2.05) is 6.20 Å². The Morgan fingerprint density at radius 2 is 2.15 bits per heavy atom. The monoisotopic (exact) mass is 267 g/mol. The van der Waals surface area contributed by atoms with Crippen molar-refractivity contribution in [3.63, 3.8) is 0 Å². The van der Waals surface area contributed by atoms with Gasteiger partial charge in [-0.25, -0.2) is 0 Å². The van der Waals surface area contributed by atoms with Crippen molar-refractivity contribution in [1.82, 2.24) is 9.78 Å². The summed E-state index contributed by atoms with van der Waals surface area (Å²) in [5.74, 6) is 0. The number of fused-ring (bicyclic) bond motifs is 1. The second-order valence-electron chi connectivity index (χ2n) is 5.97. The molecule has 1 saturated carbocycles. The molecule has 20 heavy (non-hydrogen) atoms. The highest BCUT2D eigenvalue weighted by Gasteiger charge is 2.24. The molecule has 0 N–H and O–H groups in total. The molecule has 3 heteroatoms. The fourth-order valence-electron chi connectivity index (χ4n) is 3.21. The third-order valence-electron chi connectivity index (χ3n) is 4.53. The van der Waals surface area contributed by atoms with Crippen molar-refractivity contribution < 1.29 is 0 Å². The smallest absolute Gasteiger partial charge is 0.0568 e. The molecular formula is C17H21N3. The van der Waals surface area contributed by atoms with Gasteiger partial charge in [0.25, 0.3) is 0 Å². The van der Waals surface area contributed by atoms with Crippen molar-refractivity contribution in [3.05, 3.63) is 36.2 Å². The summed E-state index contributed by atoms with van der Waals surface area (Å²) in [4.78, 5) is 2.48. The summed E-state index contributed by atoms with van der Waals surface area (Å²) in [5, 5.41) is 4.50. The summed E-state index contributed by atoms with van der Waals surface area (Å²) in [6, 6.07) is 7.57. The molecule has 2 aromatic rings. The molecule has 0 saturated heterocycles. The van der Waals surface area contributed by atoms with Crippen molar-refractivity contribution in [3.8, 4) is 11.1 Å². The maximum Gasteiger partial charge on any atom is 0.0568 e. The van der Waals surface area contributed by atoms with Gasteiger partial charge in [0.05, 0.1) is 12.2 Å². The van der Waals surface area contributed by atoms with Crippen molar-refractivity contribution >= 4 is 5.69 Å². The number of aryl methyl sites for hydroxylation is 1. The van der Waals surface area contributed by atoms with Crippen molar-refractivity contribution in [2.75, 3.05) is 18.0 Å². The van der Waals surface area contributed by atoms with Gasteiger partial charge < -0.3 is 4.90 Å². The number of anilines is 1. The molecule has 4 rings (SSSR count). The van der Waals surface area contributed by atoms with E-state index >= 15 is 0 Å². The van der Waals surface area contributed by atoms with Crippen LogP contribution in [0.15, 0.2) is 30.6 Å². The quantitative estimate of drug-likeness (QED) is 0.846. The van der Waals surface area contributed by atoms with E-state index in [0.29, 0.717) is 6.04 Å². The summed E-state index contributed by atoms with van der Waals surface area (Å²) in [6.07, 6.45) is 9.27. The molecule has 1 aromatic heterocycles. The van der Waals surface area contributed by atoms with E-state index in [0.717, 1.165) is 6.54 Å². The van der Waals surface area contributed by atoms with Crippen LogP contribution in [0, 0.1) is 0 Å². The van der Waals surface area contributed by atoms with Gasteiger partial charge in [0.15, 0.2) is 0 Å². The van der Waals surface area contributed by atoms with E-state index in [2.05, 4.69) is 46.0 Å². The van der Waals surface area contributed by atoms with Gasteiger partial charge in [-0.05, 0) is 55.9 Å². The van der Waals surface area contributed by atoms with Crippen molar-refractivity contribution in [1.29, 1.82) is 0 Å². The molecule has 0 amide bonds. The standard InChI is InChI=1S/C17H21N3/c1-2-19-9-3-4-14-10-13(5-8-17(14)19)15-11-18-20(12-15)16-6-7-16/h5,8,10-12,16H,2-4,6-7,9H2,1H3. The number of benzene rings is 1. The van der Waals surface area contributed by atoms with Gasteiger partial charge in [0, 0.05) is 30.5 Å². The van der Waals surface area contributed by atoms with Gasteiger partial charge in [-0.15, -0.1) is 0 Å². The summed E-state index contributed by atoms with van der Waals surface area (Å²) in [6.45, 7) is 4.54. The minimum atomic E-state index is 0.664. The molecule has 2 aliphatic rings. The molecule has 1 fully saturated rings. The van der Waals surface area contributed by atoms with E-state index in [9.17, 15) is 0 Å². The van der Waals surface area contributed by atoms with E-state index in [-0.39, 0.29) is 0 Å². The number of rotatable bonds is 3. The first kappa shape index (κ1) is 12.0. The molecule has 1 aromatic carbocycles. The van der Waals surface area contributed by atoms with Crippen LogP contribution >= 0.6 is 0 Å². The lowest BCUT2D eigenvalue weighted by Crippen LogP contribution is -2.28. The Labute approximate surface area is 120 Å². The highest BCUT2D eigenvalue weighted by atomic mass is 15.3. The predicted octanol–water partition coefficient (Wildman–Crippen LogP) is 3.66. The van der Waals surface area contributed by atoms with E-state index < -0.39 is 0 Å². The summed E-state index contributed by atoms with van der Waals surface area (Å²) < 4.78 is 2.13. The van der Waals surface area contributed by atoms with Crippen LogP contribution < -0.4 is 4.90 Å². The molecule has 1 aliphatic carbocycles. The highest BCUT2D eigenvalue weighted by Crippen LogP contribution is 2.36. The average Bonchev–Trinajstić information content (AvgIpc) is 3.23. The average molecular weight is 267 g/mol. The Kier molecular flexibility index (Phi) is 2.79. The Bertz CT molecular complexity index is 625. The zero-order valence-electron chi connectivity index (χ0n) is 12.0. The van der Waals surface area contributed by atoms with E-state index in [4.69, 9.17) is 0 Å². The lowest BCUT2D eigenvalue weighted by Gasteiger charge is -2.30. The predicted molar refractivity (Wildman–Crippen MR) is 82.1 cm³/mol.